The number of hydrogen-bond donors (Lipinski definition) is 0. The summed E-state index contributed by atoms with van der Waals surface area (Å²) in [6.07, 6.45) is 6.82. The third-order valence-corrected chi connectivity index (χ3v) is 10.2. The molecule has 3 aliphatic carbocycles. The largest absolute Gasteiger partial charge is 0.416 e. The van der Waals surface area contributed by atoms with E-state index in [-0.39, 0.29) is 10.8 Å². The molecule has 0 fully saturated rings. The summed E-state index contributed by atoms with van der Waals surface area (Å²) in [6.45, 7) is 4.76. The lowest BCUT2D eigenvalue weighted by atomic mass is 9.54. The van der Waals surface area contributed by atoms with Gasteiger partial charge >= 0.3 is 0 Å². The van der Waals surface area contributed by atoms with Crippen LogP contribution >= 0.6 is 0 Å². The van der Waals surface area contributed by atoms with Crippen LogP contribution in [0.2, 0.25) is 0 Å². The molecule has 0 aliphatic heterocycles. The number of aromatic nitrogens is 2. The maximum Gasteiger partial charge on any atom is 0.248 e. The van der Waals surface area contributed by atoms with Gasteiger partial charge in [0.05, 0.1) is 5.41 Å². The fourth-order valence-corrected chi connectivity index (χ4v) is 8.32. The molecule has 3 aliphatic rings. The molecule has 0 saturated carbocycles. The normalized spacial score (nSPS) is 16.7. The van der Waals surface area contributed by atoms with Crippen LogP contribution in [-0.4, -0.2) is 10.2 Å². The summed E-state index contributed by atoms with van der Waals surface area (Å²) in [5.41, 5.74) is 15.0. The van der Waals surface area contributed by atoms with E-state index in [0.717, 1.165) is 29.5 Å². The summed E-state index contributed by atoms with van der Waals surface area (Å²) in [6, 6.07) is 43.7. The Balaban J connectivity index is 1.27. The van der Waals surface area contributed by atoms with Crippen LogP contribution in [0, 0.1) is 0 Å². The molecule has 1 aromatic heterocycles. The first kappa shape index (κ1) is 26.2. The fourth-order valence-electron chi connectivity index (χ4n) is 8.32. The highest BCUT2D eigenvalue weighted by atomic mass is 16.4. The standard InChI is InChI=1S/C42H32N2O/c1-41(2)33-21-8-10-23-35(33)42(36-24-11-9-22-34(36)41)32-20-7-6-18-31(32)38-30(19-13-25-37(38)42)28-16-12-17-29(26-28)40-44-43-39(45-40)27-14-4-3-5-15-27/h3-6,8-19,21-26H,7,20H2,1-2H3. The molecule has 0 unspecified atom stereocenters. The Morgan fingerprint density at radius 2 is 1.16 bits per heavy atom. The average molecular weight is 581 g/mol. The molecular weight excluding hydrogens is 548 g/mol. The molecule has 216 valence electrons. The van der Waals surface area contributed by atoms with E-state index in [1.54, 1.807) is 0 Å². The van der Waals surface area contributed by atoms with E-state index < -0.39 is 0 Å². The first-order valence-electron chi connectivity index (χ1n) is 15.8. The molecule has 0 radical (unpaired) electrons. The molecule has 6 aromatic rings. The predicted molar refractivity (Wildman–Crippen MR) is 181 cm³/mol. The first-order chi connectivity index (χ1) is 22.1. The maximum atomic E-state index is 6.17. The van der Waals surface area contributed by atoms with Gasteiger partial charge in [-0.15, -0.1) is 10.2 Å². The molecule has 45 heavy (non-hydrogen) atoms. The Bertz CT molecular complexity index is 2150. The Labute approximate surface area is 263 Å². The molecule has 0 N–H and O–H groups in total. The average Bonchev–Trinajstić information content (AvgIpc) is 3.71. The molecule has 1 spiro atoms. The number of rotatable bonds is 3. The second-order valence-electron chi connectivity index (χ2n) is 12.9. The van der Waals surface area contributed by atoms with Crippen molar-refractivity contribution in [2.75, 3.05) is 0 Å². The fraction of sp³-hybridized carbons (Fsp3) is 0.143. The molecule has 3 heteroatoms. The Kier molecular flexibility index (Phi) is 5.58. The van der Waals surface area contributed by atoms with Gasteiger partial charge in [-0.2, -0.15) is 0 Å². The maximum absolute atomic E-state index is 6.17. The second-order valence-corrected chi connectivity index (χ2v) is 12.9. The summed E-state index contributed by atoms with van der Waals surface area (Å²) in [5, 5.41) is 8.79. The lowest BCUT2D eigenvalue weighted by molar-refractivity contribution is 0.550. The van der Waals surface area contributed by atoms with Gasteiger partial charge in [-0.25, -0.2) is 0 Å². The van der Waals surface area contributed by atoms with Crippen molar-refractivity contribution in [3.8, 4) is 34.0 Å². The lowest BCUT2D eigenvalue weighted by Crippen LogP contribution is -2.41. The van der Waals surface area contributed by atoms with Gasteiger partial charge in [-0.3, -0.25) is 0 Å². The molecule has 0 amide bonds. The van der Waals surface area contributed by atoms with Gasteiger partial charge < -0.3 is 4.42 Å². The first-order valence-corrected chi connectivity index (χ1v) is 15.8. The van der Waals surface area contributed by atoms with Gasteiger partial charge in [0.15, 0.2) is 0 Å². The third-order valence-electron chi connectivity index (χ3n) is 10.2. The van der Waals surface area contributed by atoms with Crippen molar-refractivity contribution < 1.29 is 4.42 Å². The van der Waals surface area contributed by atoms with E-state index in [1.807, 2.05) is 30.3 Å². The summed E-state index contributed by atoms with van der Waals surface area (Å²) in [4.78, 5) is 0. The van der Waals surface area contributed by atoms with E-state index in [0.29, 0.717) is 11.8 Å². The summed E-state index contributed by atoms with van der Waals surface area (Å²) in [7, 11) is 0. The van der Waals surface area contributed by atoms with E-state index in [1.165, 1.54) is 50.1 Å². The molecule has 1 heterocycles. The zero-order valence-electron chi connectivity index (χ0n) is 25.4. The Morgan fingerprint density at radius 1 is 0.578 bits per heavy atom. The SMILES string of the molecule is CC1(C)c2ccccc2C2(C3=C(C=CCC3)c3c(-c4cccc(-c5nnc(-c6ccccc6)o5)c4)cccc32)c2ccccc21. The number of allylic oxidation sites excluding steroid dienone is 4. The molecule has 3 nitrogen and oxygen atoms in total. The Hall–Kier alpha value is -5.28. The molecule has 0 saturated heterocycles. The minimum Gasteiger partial charge on any atom is -0.416 e. The van der Waals surface area contributed by atoms with Gasteiger partial charge in [0, 0.05) is 16.5 Å². The van der Waals surface area contributed by atoms with Crippen molar-refractivity contribution in [3.63, 3.8) is 0 Å². The highest BCUT2D eigenvalue weighted by Gasteiger charge is 2.54. The topological polar surface area (TPSA) is 38.9 Å². The van der Waals surface area contributed by atoms with E-state index in [4.69, 9.17) is 4.42 Å². The van der Waals surface area contributed by atoms with Crippen molar-refractivity contribution in [3.05, 3.63) is 172 Å². The minimum absolute atomic E-state index is 0.0962. The van der Waals surface area contributed by atoms with Crippen LogP contribution in [-0.2, 0) is 10.8 Å². The zero-order chi connectivity index (χ0) is 30.2. The van der Waals surface area contributed by atoms with Crippen LogP contribution in [0.1, 0.15) is 60.1 Å². The second kappa shape index (κ2) is 9.61. The van der Waals surface area contributed by atoms with E-state index in [2.05, 4.69) is 127 Å². The summed E-state index contributed by atoms with van der Waals surface area (Å²) < 4.78 is 6.17. The van der Waals surface area contributed by atoms with Crippen LogP contribution in [0.4, 0.5) is 0 Å². The van der Waals surface area contributed by atoms with Crippen LogP contribution in [0.25, 0.3) is 39.6 Å². The molecule has 0 atom stereocenters. The number of benzene rings is 5. The zero-order valence-corrected chi connectivity index (χ0v) is 25.4. The third kappa shape index (κ3) is 3.58. The van der Waals surface area contributed by atoms with Gasteiger partial charge in [0.1, 0.15) is 0 Å². The van der Waals surface area contributed by atoms with E-state index in [9.17, 15) is 0 Å². The van der Waals surface area contributed by atoms with Gasteiger partial charge in [0.25, 0.3) is 0 Å². The highest BCUT2D eigenvalue weighted by molar-refractivity contribution is 5.98. The lowest BCUT2D eigenvalue weighted by Gasteiger charge is -2.47. The van der Waals surface area contributed by atoms with Crippen molar-refractivity contribution in [2.45, 2.75) is 37.5 Å². The Morgan fingerprint density at radius 3 is 1.89 bits per heavy atom. The van der Waals surface area contributed by atoms with Crippen molar-refractivity contribution in [1.82, 2.24) is 10.2 Å². The monoisotopic (exact) mass is 580 g/mol. The predicted octanol–water partition coefficient (Wildman–Crippen LogP) is 10.2. The molecular formula is C42H32N2O. The smallest absolute Gasteiger partial charge is 0.248 e. The minimum atomic E-state index is -0.331. The quantitative estimate of drug-likeness (QED) is 0.209. The molecule has 9 rings (SSSR count). The number of fused-ring (bicyclic) bond motifs is 8. The molecule has 0 bridgehead atoms. The van der Waals surface area contributed by atoms with Crippen LogP contribution in [0.15, 0.2) is 143 Å². The molecule has 5 aromatic carbocycles. The van der Waals surface area contributed by atoms with Crippen LogP contribution in [0.5, 0.6) is 0 Å². The van der Waals surface area contributed by atoms with Crippen molar-refractivity contribution in [2.24, 2.45) is 0 Å². The van der Waals surface area contributed by atoms with Gasteiger partial charge in [-0.1, -0.05) is 123 Å². The number of hydrogen-bond acceptors (Lipinski definition) is 3. The summed E-state index contributed by atoms with van der Waals surface area (Å²) in [5.74, 6) is 1.05. The van der Waals surface area contributed by atoms with E-state index >= 15 is 0 Å². The van der Waals surface area contributed by atoms with Crippen LogP contribution < -0.4 is 0 Å². The van der Waals surface area contributed by atoms with Gasteiger partial charge in [0.2, 0.25) is 11.8 Å². The van der Waals surface area contributed by atoms with Crippen molar-refractivity contribution in [1.29, 1.82) is 0 Å². The highest BCUT2D eigenvalue weighted by Crippen LogP contribution is 2.63. The van der Waals surface area contributed by atoms with Crippen molar-refractivity contribution >= 4 is 5.57 Å². The number of nitrogens with zero attached hydrogens (tertiary/aromatic N) is 2. The van der Waals surface area contributed by atoms with Gasteiger partial charge in [-0.05, 0) is 92.8 Å². The van der Waals surface area contributed by atoms with Crippen LogP contribution in [0.3, 0.4) is 0 Å². The summed E-state index contributed by atoms with van der Waals surface area (Å²) >= 11 is 0.